The molecule has 2 aromatic rings. The van der Waals surface area contributed by atoms with Gasteiger partial charge in [-0.05, 0) is 63.6 Å². The number of nitrogens with zero attached hydrogens (tertiary/aromatic N) is 2. The maximum absolute atomic E-state index is 13.3. The lowest BCUT2D eigenvalue weighted by molar-refractivity contribution is 0.0113. The van der Waals surface area contributed by atoms with Crippen LogP contribution in [0.25, 0.3) is 10.9 Å². The van der Waals surface area contributed by atoms with E-state index in [9.17, 15) is 4.79 Å². The molecule has 0 aliphatic carbocycles. The van der Waals surface area contributed by atoms with E-state index in [0.29, 0.717) is 0 Å². The Balaban J connectivity index is 1.56. The predicted molar refractivity (Wildman–Crippen MR) is 114 cm³/mol. The topological polar surface area (TPSA) is 34.5 Å². The van der Waals surface area contributed by atoms with Crippen molar-refractivity contribution in [3.63, 3.8) is 0 Å². The Bertz CT molecular complexity index is 831. The highest BCUT2D eigenvalue weighted by Gasteiger charge is 2.28. The Morgan fingerprint density at radius 3 is 2.75 bits per heavy atom. The zero-order chi connectivity index (χ0) is 19.5. The summed E-state index contributed by atoms with van der Waals surface area (Å²) in [7, 11) is 0. The normalized spacial score (nSPS) is 18.8. The van der Waals surface area contributed by atoms with Gasteiger partial charge in [-0.3, -0.25) is 0 Å². The molecule has 1 aromatic carbocycles. The number of aromatic nitrogens is 1. The number of esters is 1. The summed E-state index contributed by atoms with van der Waals surface area (Å²) >= 11 is 0. The maximum Gasteiger partial charge on any atom is 0.340 e. The first-order chi connectivity index (χ1) is 13.7. The van der Waals surface area contributed by atoms with Crippen LogP contribution in [0.3, 0.4) is 0 Å². The molecule has 0 spiro atoms. The molecule has 2 aliphatic heterocycles. The molecule has 4 rings (SSSR count). The molecule has 0 saturated carbocycles. The highest BCUT2D eigenvalue weighted by atomic mass is 16.5. The molecule has 3 heterocycles. The second-order valence-electron chi connectivity index (χ2n) is 8.55. The SMILES string of the molecule is CCCCN1CCC(OC(=O)c2c3n(c4cccc(C)c24)CCCCC3)CC1. The van der Waals surface area contributed by atoms with E-state index in [4.69, 9.17) is 4.74 Å². The first kappa shape index (κ1) is 19.5. The summed E-state index contributed by atoms with van der Waals surface area (Å²) in [6.45, 7) is 8.64. The van der Waals surface area contributed by atoms with E-state index in [0.717, 1.165) is 56.3 Å². The second kappa shape index (κ2) is 8.69. The van der Waals surface area contributed by atoms with Gasteiger partial charge in [-0.1, -0.05) is 31.9 Å². The van der Waals surface area contributed by atoms with Crippen LogP contribution < -0.4 is 0 Å². The largest absolute Gasteiger partial charge is 0.459 e. The second-order valence-corrected chi connectivity index (χ2v) is 8.55. The lowest BCUT2D eigenvalue weighted by atomic mass is 10.0. The van der Waals surface area contributed by atoms with Gasteiger partial charge in [-0.15, -0.1) is 0 Å². The Morgan fingerprint density at radius 1 is 1.14 bits per heavy atom. The molecule has 28 heavy (non-hydrogen) atoms. The highest BCUT2D eigenvalue weighted by Crippen LogP contribution is 2.33. The molecule has 1 saturated heterocycles. The number of ether oxygens (including phenoxy) is 1. The minimum absolute atomic E-state index is 0.0609. The summed E-state index contributed by atoms with van der Waals surface area (Å²) < 4.78 is 8.47. The standard InChI is InChI=1S/C24H34N2O2/c1-3-4-14-25-16-12-19(13-17-25)28-24(27)23-21-10-6-5-7-15-26(21)20-11-8-9-18(2)22(20)23/h8-9,11,19H,3-7,10,12-17H2,1-2H3. The van der Waals surface area contributed by atoms with Gasteiger partial charge in [-0.2, -0.15) is 0 Å². The number of carbonyl (C=O) groups excluding carboxylic acids is 1. The van der Waals surface area contributed by atoms with Crippen molar-refractivity contribution in [2.75, 3.05) is 19.6 Å². The fourth-order valence-corrected chi connectivity index (χ4v) is 4.94. The maximum atomic E-state index is 13.3. The minimum atomic E-state index is -0.0954. The number of likely N-dealkylation sites (tertiary alicyclic amines) is 1. The minimum Gasteiger partial charge on any atom is -0.459 e. The van der Waals surface area contributed by atoms with Crippen LogP contribution in [0, 0.1) is 6.92 Å². The molecular weight excluding hydrogens is 348 g/mol. The highest BCUT2D eigenvalue weighted by molar-refractivity contribution is 6.07. The van der Waals surface area contributed by atoms with Crippen LogP contribution in [0.15, 0.2) is 18.2 Å². The van der Waals surface area contributed by atoms with Gasteiger partial charge in [0.25, 0.3) is 0 Å². The molecule has 4 nitrogen and oxygen atoms in total. The monoisotopic (exact) mass is 382 g/mol. The molecule has 2 aliphatic rings. The summed E-state index contributed by atoms with van der Waals surface area (Å²) in [6, 6.07) is 6.39. The van der Waals surface area contributed by atoms with Crippen molar-refractivity contribution in [2.24, 2.45) is 0 Å². The molecule has 0 amide bonds. The molecule has 1 fully saturated rings. The van der Waals surface area contributed by atoms with Gasteiger partial charge in [0.15, 0.2) is 0 Å². The Morgan fingerprint density at radius 2 is 1.96 bits per heavy atom. The van der Waals surface area contributed by atoms with Crippen molar-refractivity contribution in [3.8, 4) is 0 Å². The van der Waals surface area contributed by atoms with E-state index < -0.39 is 0 Å². The van der Waals surface area contributed by atoms with Gasteiger partial charge in [-0.25, -0.2) is 4.79 Å². The van der Waals surface area contributed by atoms with Crippen molar-refractivity contribution in [3.05, 3.63) is 35.0 Å². The van der Waals surface area contributed by atoms with Crippen LogP contribution in [0.1, 0.15) is 73.5 Å². The van der Waals surface area contributed by atoms with E-state index >= 15 is 0 Å². The van der Waals surface area contributed by atoms with E-state index in [-0.39, 0.29) is 12.1 Å². The number of benzene rings is 1. The van der Waals surface area contributed by atoms with Gasteiger partial charge < -0.3 is 14.2 Å². The van der Waals surface area contributed by atoms with Gasteiger partial charge in [0.1, 0.15) is 6.10 Å². The summed E-state index contributed by atoms with van der Waals surface area (Å²) in [5.74, 6) is -0.0954. The summed E-state index contributed by atoms with van der Waals surface area (Å²) in [5, 5.41) is 1.12. The third kappa shape index (κ3) is 3.84. The van der Waals surface area contributed by atoms with Gasteiger partial charge in [0, 0.05) is 36.2 Å². The van der Waals surface area contributed by atoms with Crippen LogP contribution in [0.2, 0.25) is 0 Å². The molecular formula is C24H34N2O2. The van der Waals surface area contributed by atoms with Crippen molar-refractivity contribution in [2.45, 2.75) is 77.9 Å². The molecule has 0 atom stereocenters. The van der Waals surface area contributed by atoms with Crippen molar-refractivity contribution >= 4 is 16.9 Å². The molecule has 0 bridgehead atoms. The number of fused-ring (bicyclic) bond motifs is 3. The van der Waals surface area contributed by atoms with Crippen LogP contribution >= 0.6 is 0 Å². The fourth-order valence-electron chi connectivity index (χ4n) is 4.94. The van der Waals surface area contributed by atoms with E-state index in [2.05, 4.69) is 41.5 Å². The van der Waals surface area contributed by atoms with E-state index in [1.807, 2.05) is 0 Å². The molecule has 0 radical (unpaired) electrons. The first-order valence-electron chi connectivity index (χ1n) is 11.2. The van der Waals surface area contributed by atoms with Crippen LogP contribution in [-0.4, -0.2) is 41.2 Å². The zero-order valence-electron chi connectivity index (χ0n) is 17.5. The lowest BCUT2D eigenvalue weighted by Gasteiger charge is -2.31. The summed E-state index contributed by atoms with van der Waals surface area (Å²) in [5.41, 5.74) is 4.44. The van der Waals surface area contributed by atoms with E-state index in [1.54, 1.807) is 0 Å². The zero-order valence-corrected chi connectivity index (χ0v) is 17.5. The quantitative estimate of drug-likeness (QED) is 0.675. The van der Waals surface area contributed by atoms with Gasteiger partial charge in [0.2, 0.25) is 0 Å². The van der Waals surface area contributed by atoms with Crippen LogP contribution in [0.5, 0.6) is 0 Å². The summed E-state index contributed by atoms with van der Waals surface area (Å²) in [4.78, 5) is 15.8. The number of piperidine rings is 1. The van der Waals surface area contributed by atoms with Gasteiger partial charge >= 0.3 is 5.97 Å². The molecule has 0 unspecified atom stereocenters. The number of rotatable bonds is 5. The molecule has 152 valence electrons. The van der Waals surface area contributed by atoms with Crippen molar-refractivity contribution in [1.82, 2.24) is 9.47 Å². The average molecular weight is 383 g/mol. The number of hydrogen-bond acceptors (Lipinski definition) is 3. The molecule has 1 aromatic heterocycles. The first-order valence-corrected chi connectivity index (χ1v) is 11.2. The van der Waals surface area contributed by atoms with Crippen LogP contribution in [-0.2, 0) is 17.7 Å². The number of hydrogen-bond donors (Lipinski definition) is 0. The lowest BCUT2D eigenvalue weighted by Crippen LogP contribution is -2.38. The third-order valence-corrected chi connectivity index (χ3v) is 6.54. The Kier molecular flexibility index (Phi) is 6.05. The van der Waals surface area contributed by atoms with Crippen LogP contribution in [0.4, 0.5) is 0 Å². The number of aryl methyl sites for hydroxylation is 2. The number of carbonyl (C=O) groups is 1. The Hall–Kier alpha value is -1.81. The predicted octanol–water partition coefficient (Wildman–Crippen LogP) is 5.10. The van der Waals surface area contributed by atoms with Crippen molar-refractivity contribution in [1.29, 1.82) is 0 Å². The third-order valence-electron chi connectivity index (χ3n) is 6.54. The van der Waals surface area contributed by atoms with Gasteiger partial charge in [0.05, 0.1) is 5.56 Å². The van der Waals surface area contributed by atoms with E-state index in [1.165, 1.54) is 49.0 Å². The molecule has 0 N–H and O–H groups in total. The summed E-state index contributed by atoms with van der Waals surface area (Å²) in [6.07, 6.45) is 9.04. The fraction of sp³-hybridized carbons (Fsp3) is 0.625. The average Bonchev–Trinajstić information content (AvgIpc) is 2.85. The Labute approximate surface area is 168 Å². The number of unbranched alkanes of at least 4 members (excludes halogenated alkanes) is 1. The molecule has 4 heteroatoms. The smallest absolute Gasteiger partial charge is 0.340 e. The van der Waals surface area contributed by atoms with Crippen molar-refractivity contribution < 1.29 is 9.53 Å².